The molecular formula is C17H18N2S. The van der Waals surface area contributed by atoms with Crippen LogP contribution >= 0.6 is 11.3 Å². The highest BCUT2D eigenvalue weighted by molar-refractivity contribution is 7.18. The molecule has 20 heavy (non-hydrogen) atoms. The van der Waals surface area contributed by atoms with Crippen molar-refractivity contribution in [3.8, 4) is 0 Å². The minimum absolute atomic E-state index is 0.392. The third kappa shape index (κ3) is 2.74. The summed E-state index contributed by atoms with van der Waals surface area (Å²) in [5.74, 6) is 0. The van der Waals surface area contributed by atoms with Gasteiger partial charge >= 0.3 is 0 Å². The monoisotopic (exact) mass is 282 g/mol. The van der Waals surface area contributed by atoms with Crippen LogP contribution < -0.4 is 0 Å². The molecule has 0 spiro atoms. The SMILES string of the molecule is CC(c1ccccc1)N(C)Cc1nc2ccccc2s1. The normalized spacial score (nSPS) is 12.9. The Bertz CT molecular complexity index is 657. The van der Waals surface area contributed by atoms with E-state index in [4.69, 9.17) is 4.98 Å². The summed E-state index contributed by atoms with van der Waals surface area (Å²) in [6.45, 7) is 3.12. The molecule has 2 aromatic carbocycles. The van der Waals surface area contributed by atoms with E-state index in [0.717, 1.165) is 12.1 Å². The Morgan fingerprint density at radius 3 is 2.50 bits per heavy atom. The summed E-state index contributed by atoms with van der Waals surface area (Å²) in [5.41, 5.74) is 2.45. The Hall–Kier alpha value is -1.71. The maximum Gasteiger partial charge on any atom is 0.108 e. The van der Waals surface area contributed by atoms with Gasteiger partial charge in [0.15, 0.2) is 0 Å². The number of nitrogens with zero attached hydrogens (tertiary/aromatic N) is 2. The van der Waals surface area contributed by atoms with Gasteiger partial charge in [0.2, 0.25) is 0 Å². The van der Waals surface area contributed by atoms with Crippen molar-refractivity contribution in [2.45, 2.75) is 19.5 Å². The van der Waals surface area contributed by atoms with Gasteiger partial charge in [-0.15, -0.1) is 11.3 Å². The third-order valence-electron chi connectivity index (χ3n) is 3.67. The second-order valence-electron chi connectivity index (χ2n) is 5.08. The topological polar surface area (TPSA) is 16.1 Å². The van der Waals surface area contributed by atoms with Crippen LogP contribution in [0.2, 0.25) is 0 Å². The number of fused-ring (bicyclic) bond motifs is 1. The van der Waals surface area contributed by atoms with Crippen LogP contribution in [0, 0.1) is 0 Å². The van der Waals surface area contributed by atoms with Gasteiger partial charge in [-0.2, -0.15) is 0 Å². The maximum absolute atomic E-state index is 4.71. The number of para-hydroxylation sites is 1. The first-order valence-electron chi connectivity index (χ1n) is 6.83. The molecule has 0 aliphatic rings. The van der Waals surface area contributed by atoms with E-state index in [2.05, 4.69) is 67.4 Å². The molecule has 0 saturated heterocycles. The van der Waals surface area contributed by atoms with Crippen LogP contribution in [-0.2, 0) is 6.54 Å². The molecule has 0 aliphatic heterocycles. The molecule has 1 aromatic heterocycles. The minimum Gasteiger partial charge on any atom is -0.293 e. The lowest BCUT2D eigenvalue weighted by molar-refractivity contribution is 0.253. The lowest BCUT2D eigenvalue weighted by Gasteiger charge is -2.24. The first-order chi connectivity index (χ1) is 9.74. The lowest BCUT2D eigenvalue weighted by Crippen LogP contribution is -2.21. The van der Waals surface area contributed by atoms with Crippen molar-refractivity contribution in [3.05, 3.63) is 65.2 Å². The number of benzene rings is 2. The molecule has 3 aromatic rings. The van der Waals surface area contributed by atoms with E-state index >= 15 is 0 Å². The fourth-order valence-electron chi connectivity index (χ4n) is 2.32. The highest BCUT2D eigenvalue weighted by atomic mass is 32.1. The van der Waals surface area contributed by atoms with Gasteiger partial charge in [0.25, 0.3) is 0 Å². The molecule has 102 valence electrons. The van der Waals surface area contributed by atoms with Crippen molar-refractivity contribution < 1.29 is 0 Å². The number of hydrogen-bond acceptors (Lipinski definition) is 3. The summed E-state index contributed by atoms with van der Waals surface area (Å²) in [6, 6.07) is 19.3. The summed E-state index contributed by atoms with van der Waals surface area (Å²) in [7, 11) is 2.16. The van der Waals surface area contributed by atoms with E-state index in [9.17, 15) is 0 Å². The van der Waals surface area contributed by atoms with E-state index in [-0.39, 0.29) is 0 Å². The number of aromatic nitrogens is 1. The zero-order chi connectivity index (χ0) is 13.9. The summed E-state index contributed by atoms with van der Waals surface area (Å²) in [4.78, 5) is 7.05. The standard InChI is InChI=1S/C17H18N2S/c1-13(14-8-4-3-5-9-14)19(2)12-17-18-15-10-6-7-11-16(15)20-17/h3-11,13H,12H2,1-2H3. The molecule has 3 heteroatoms. The van der Waals surface area contributed by atoms with E-state index in [1.807, 2.05) is 6.07 Å². The average Bonchev–Trinajstić information content (AvgIpc) is 2.89. The van der Waals surface area contributed by atoms with Gasteiger partial charge in [0.1, 0.15) is 5.01 Å². The quantitative estimate of drug-likeness (QED) is 0.701. The molecule has 0 saturated carbocycles. The van der Waals surface area contributed by atoms with Gasteiger partial charge in [-0.1, -0.05) is 42.5 Å². The molecule has 0 radical (unpaired) electrons. The van der Waals surface area contributed by atoms with Crippen molar-refractivity contribution in [1.82, 2.24) is 9.88 Å². The van der Waals surface area contributed by atoms with Crippen molar-refractivity contribution >= 4 is 21.6 Å². The zero-order valence-electron chi connectivity index (χ0n) is 11.8. The second-order valence-corrected chi connectivity index (χ2v) is 6.19. The summed E-state index contributed by atoms with van der Waals surface area (Å²) in [6.07, 6.45) is 0. The first kappa shape index (κ1) is 13.3. The van der Waals surface area contributed by atoms with E-state index in [0.29, 0.717) is 6.04 Å². The molecule has 1 unspecified atom stereocenters. The maximum atomic E-state index is 4.71. The average molecular weight is 282 g/mol. The molecule has 0 aliphatic carbocycles. The van der Waals surface area contributed by atoms with Gasteiger partial charge in [0.05, 0.1) is 16.8 Å². The van der Waals surface area contributed by atoms with E-state index in [1.54, 1.807) is 11.3 Å². The number of rotatable bonds is 4. The summed E-state index contributed by atoms with van der Waals surface area (Å²) < 4.78 is 1.27. The van der Waals surface area contributed by atoms with Crippen LogP contribution in [0.25, 0.3) is 10.2 Å². The fourth-order valence-corrected chi connectivity index (χ4v) is 3.35. The minimum atomic E-state index is 0.392. The molecule has 0 bridgehead atoms. The molecular weight excluding hydrogens is 264 g/mol. The Morgan fingerprint density at radius 1 is 1.05 bits per heavy atom. The van der Waals surface area contributed by atoms with Crippen LogP contribution in [0.4, 0.5) is 0 Å². The number of thiazole rings is 1. The Labute approximate surface area is 123 Å². The van der Waals surface area contributed by atoms with Crippen LogP contribution in [0.3, 0.4) is 0 Å². The summed E-state index contributed by atoms with van der Waals surface area (Å²) in [5, 5.41) is 1.18. The van der Waals surface area contributed by atoms with Gasteiger partial charge in [-0.05, 0) is 31.7 Å². The van der Waals surface area contributed by atoms with Crippen LogP contribution in [0.15, 0.2) is 54.6 Å². The van der Waals surface area contributed by atoms with E-state index in [1.165, 1.54) is 15.3 Å². The van der Waals surface area contributed by atoms with Crippen LogP contribution in [-0.4, -0.2) is 16.9 Å². The molecule has 0 N–H and O–H groups in total. The van der Waals surface area contributed by atoms with Crippen molar-refractivity contribution in [2.24, 2.45) is 0 Å². The van der Waals surface area contributed by atoms with Crippen molar-refractivity contribution in [1.29, 1.82) is 0 Å². The van der Waals surface area contributed by atoms with Crippen molar-refractivity contribution in [2.75, 3.05) is 7.05 Å². The highest BCUT2D eigenvalue weighted by Crippen LogP contribution is 2.25. The van der Waals surface area contributed by atoms with Gasteiger partial charge in [-0.25, -0.2) is 4.98 Å². The highest BCUT2D eigenvalue weighted by Gasteiger charge is 2.13. The molecule has 0 amide bonds. The Morgan fingerprint density at radius 2 is 1.75 bits per heavy atom. The Balaban J connectivity index is 1.76. The van der Waals surface area contributed by atoms with Crippen LogP contribution in [0.1, 0.15) is 23.5 Å². The van der Waals surface area contributed by atoms with E-state index < -0.39 is 0 Å². The van der Waals surface area contributed by atoms with Crippen molar-refractivity contribution in [3.63, 3.8) is 0 Å². The van der Waals surface area contributed by atoms with Gasteiger partial charge in [0, 0.05) is 6.04 Å². The fraction of sp³-hybridized carbons (Fsp3) is 0.235. The first-order valence-corrected chi connectivity index (χ1v) is 7.65. The largest absolute Gasteiger partial charge is 0.293 e. The number of hydrogen-bond donors (Lipinski definition) is 0. The molecule has 2 nitrogen and oxygen atoms in total. The lowest BCUT2D eigenvalue weighted by atomic mass is 10.1. The zero-order valence-corrected chi connectivity index (χ0v) is 12.6. The van der Waals surface area contributed by atoms with Gasteiger partial charge < -0.3 is 0 Å². The predicted molar refractivity (Wildman–Crippen MR) is 85.9 cm³/mol. The molecule has 1 heterocycles. The second kappa shape index (κ2) is 5.73. The third-order valence-corrected chi connectivity index (χ3v) is 4.69. The molecule has 0 fully saturated rings. The Kier molecular flexibility index (Phi) is 3.81. The smallest absolute Gasteiger partial charge is 0.108 e. The summed E-state index contributed by atoms with van der Waals surface area (Å²) >= 11 is 1.79. The molecule has 1 atom stereocenters. The van der Waals surface area contributed by atoms with Gasteiger partial charge in [-0.3, -0.25) is 4.90 Å². The molecule has 3 rings (SSSR count). The predicted octanol–water partition coefficient (Wildman–Crippen LogP) is 4.49. The van der Waals surface area contributed by atoms with Crippen LogP contribution in [0.5, 0.6) is 0 Å².